The van der Waals surface area contributed by atoms with E-state index in [1.165, 1.54) is 4.90 Å². The zero-order valence-corrected chi connectivity index (χ0v) is 19.5. The van der Waals surface area contributed by atoms with Crippen LogP contribution in [0.3, 0.4) is 0 Å². The molecule has 3 aromatic carbocycles. The number of nitrogens with zero attached hydrogens (tertiary/aromatic N) is 1. The van der Waals surface area contributed by atoms with Crippen molar-refractivity contribution in [3.63, 3.8) is 0 Å². The Balaban J connectivity index is 1.42. The molecule has 1 fully saturated rings. The molecule has 0 aromatic heterocycles. The molecule has 0 atom stereocenters. The first-order chi connectivity index (χ1) is 15.4. The second-order valence-electron chi connectivity index (χ2n) is 7.31. The fourth-order valence-electron chi connectivity index (χ4n) is 3.27. The predicted octanol–water partition coefficient (Wildman–Crippen LogP) is 7.12. The van der Waals surface area contributed by atoms with Crippen molar-refractivity contribution >= 4 is 52.2 Å². The molecular weight excluding hydrogens is 465 g/mol. The normalized spacial score (nSPS) is 15.0. The number of thioether (sulfide) groups is 1. The quantitative estimate of drug-likeness (QED) is 0.350. The maximum absolute atomic E-state index is 12.8. The van der Waals surface area contributed by atoms with Crippen molar-refractivity contribution in [1.29, 1.82) is 0 Å². The van der Waals surface area contributed by atoms with E-state index in [2.05, 4.69) is 0 Å². The summed E-state index contributed by atoms with van der Waals surface area (Å²) in [6, 6.07) is 20.4. The van der Waals surface area contributed by atoms with Gasteiger partial charge in [-0.2, -0.15) is 0 Å². The molecule has 1 aliphatic rings. The van der Waals surface area contributed by atoms with E-state index < -0.39 is 0 Å². The fraction of sp³-hybridized carbons (Fsp3) is 0.120. The van der Waals surface area contributed by atoms with Crippen LogP contribution in [0.4, 0.5) is 4.79 Å². The fourth-order valence-corrected chi connectivity index (χ4v) is 4.61. The van der Waals surface area contributed by atoms with E-state index in [-0.39, 0.29) is 24.3 Å². The monoisotopic (exact) mass is 483 g/mol. The molecular formula is C25H19Cl2NO3S. The van der Waals surface area contributed by atoms with Crippen LogP contribution in [0, 0.1) is 6.92 Å². The van der Waals surface area contributed by atoms with Crippen LogP contribution in [0.5, 0.6) is 5.75 Å². The maximum atomic E-state index is 12.8. The summed E-state index contributed by atoms with van der Waals surface area (Å²) in [5.74, 6) is 0.362. The first kappa shape index (κ1) is 22.5. The summed E-state index contributed by atoms with van der Waals surface area (Å²) in [5, 5.41) is 0.838. The van der Waals surface area contributed by atoms with E-state index in [1.54, 1.807) is 36.4 Å². The lowest BCUT2D eigenvalue weighted by atomic mass is 10.1. The summed E-state index contributed by atoms with van der Waals surface area (Å²) in [7, 11) is 0. The molecule has 1 heterocycles. The first-order valence-corrected chi connectivity index (χ1v) is 11.4. The number of halogens is 2. The highest BCUT2D eigenvalue weighted by Crippen LogP contribution is 2.33. The molecule has 0 spiro atoms. The number of carbonyl (C=O) groups excluding carboxylic acids is 2. The summed E-state index contributed by atoms with van der Waals surface area (Å²) in [4.78, 5) is 26.8. The van der Waals surface area contributed by atoms with Crippen molar-refractivity contribution in [3.8, 4) is 5.75 Å². The van der Waals surface area contributed by atoms with E-state index in [0.717, 1.165) is 34.0 Å². The van der Waals surface area contributed by atoms with Crippen LogP contribution in [-0.4, -0.2) is 16.0 Å². The van der Waals surface area contributed by atoms with E-state index >= 15 is 0 Å². The number of aryl methyl sites for hydroxylation is 1. The van der Waals surface area contributed by atoms with Crippen LogP contribution in [0.1, 0.15) is 22.3 Å². The lowest BCUT2D eigenvalue weighted by molar-refractivity contribution is -0.123. The molecule has 3 aromatic rings. The number of rotatable bonds is 6. The third-order valence-electron chi connectivity index (χ3n) is 4.92. The molecule has 0 radical (unpaired) electrons. The van der Waals surface area contributed by atoms with Gasteiger partial charge < -0.3 is 4.74 Å². The van der Waals surface area contributed by atoms with Crippen LogP contribution >= 0.6 is 35.0 Å². The molecule has 2 amide bonds. The smallest absolute Gasteiger partial charge is 0.293 e. The van der Waals surface area contributed by atoms with Gasteiger partial charge in [-0.15, -0.1) is 0 Å². The third kappa shape index (κ3) is 5.18. The van der Waals surface area contributed by atoms with E-state index in [4.69, 9.17) is 27.9 Å². The zero-order valence-electron chi connectivity index (χ0n) is 17.2. The topological polar surface area (TPSA) is 46.6 Å². The van der Waals surface area contributed by atoms with Gasteiger partial charge in [0, 0.05) is 15.6 Å². The summed E-state index contributed by atoms with van der Waals surface area (Å²) in [6.45, 7) is 2.49. The van der Waals surface area contributed by atoms with Crippen LogP contribution in [-0.2, 0) is 17.9 Å². The van der Waals surface area contributed by atoms with Gasteiger partial charge in [0.15, 0.2) is 0 Å². The van der Waals surface area contributed by atoms with Gasteiger partial charge in [0.25, 0.3) is 11.1 Å². The number of hydrogen-bond donors (Lipinski definition) is 0. The van der Waals surface area contributed by atoms with E-state index in [1.807, 2.05) is 43.3 Å². The lowest BCUT2D eigenvalue weighted by Gasteiger charge is -2.12. The summed E-state index contributed by atoms with van der Waals surface area (Å²) < 4.78 is 5.79. The maximum Gasteiger partial charge on any atom is 0.293 e. The Bertz CT molecular complexity index is 1190. The highest BCUT2D eigenvalue weighted by molar-refractivity contribution is 8.18. The van der Waals surface area contributed by atoms with Crippen molar-refractivity contribution in [2.75, 3.05) is 0 Å². The van der Waals surface area contributed by atoms with Gasteiger partial charge in [-0.1, -0.05) is 71.2 Å². The van der Waals surface area contributed by atoms with Crippen molar-refractivity contribution < 1.29 is 14.3 Å². The molecule has 1 saturated heterocycles. The summed E-state index contributed by atoms with van der Waals surface area (Å²) >= 11 is 13.3. The number of benzene rings is 3. The Kier molecular flexibility index (Phi) is 6.89. The Hall–Kier alpha value is -2.73. The zero-order chi connectivity index (χ0) is 22.7. The molecule has 0 aliphatic carbocycles. The Morgan fingerprint density at radius 2 is 1.66 bits per heavy atom. The van der Waals surface area contributed by atoms with Crippen LogP contribution in [0.15, 0.2) is 71.6 Å². The SMILES string of the molecule is Cc1cccc(CN2C(=O)S/C(=C\c3ccc(OCc4c(Cl)cccc4Cl)cc3)C2=O)c1. The summed E-state index contributed by atoms with van der Waals surface area (Å²) in [5.41, 5.74) is 3.54. The number of ether oxygens (including phenoxy) is 1. The van der Waals surface area contributed by atoms with Gasteiger partial charge in [-0.3, -0.25) is 14.5 Å². The molecule has 4 rings (SSSR count). The Morgan fingerprint density at radius 1 is 0.969 bits per heavy atom. The van der Waals surface area contributed by atoms with Gasteiger partial charge in [-0.25, -0.2) is 0 Å². The minimum atomic E-state index is -0.282. The van der Waals surface area contributed by atoms with E-state index in [0.29, 0.717) is 20.7 Å². The molecule has 162 valence electrons. The average molecular weight is 484 g/mol. The highest BCUT2D eigenvalue weighted by atomic mass is 35.5. The molecule has 0 N–H and O–H groups in total. The largest absolute Gasteiger partial charge is 0.489 e. The molecule has 0 bridgehead atoms. The van der Waals surface area contributed by atoms with Gasteiger partial charge in [0.05, 0.1) is 11.4 Å². The average Bonchev–Trinajstić information content (AvgIpc) is 3.02. The molecule has 4 nitrogen and oxygen atoms in total. The van der Waals surface area contributed by atoms with Gasteiger partial charge in [-0.05, 0) is 60.2 Å². The second kappa shape index (κ2) is 9.82. The van der Waals surface area contributed by atoms with Gasteiger partial charge in [0.1, 0.15) is 12.4 Å². The number of amides is 2. The van der Waals surface area contributed by atoms with Crippen molar-refractivity contribution in [2.24, 2.45) is 0 Å². The third-order valence-corrected chi connectivity index (χ3v) is 6.54. The van der Waals surface area contributed by atoms with Crippen molar-refractivity contribution in [2.45, 2.75) is 20.1 Å². The second-order valence-corrected chi connectivity index (χ2v) is 9.12. The van der Waals surface area contributed by atoms with Gasteiger partial charge >= 0.3 is 0 Å². The highest BCUT2D eigenvalue weighted by Gasteiger charge is 2.34. The van der Waals surface area contributed by atoms with Crippen LogP contribution in [0.25, 0.3) is 6.08 Å². The molecule has 32 heavy (non-hydrogen) atoms. The number of carbonyl (C=O) groups is 2. The lowest BCUT2D eigenvalue weighted by Crippen LogP contribution is -2.27. The van der Waals surface area contributed by atoms with Gasteiger partial charge in [0.2, 0.25) is 0 Å². The standard InChI is InChI=1S/C25H19Cl2NO3S/c1-16-4-2-5-18(12-16)14-28-24(29)23(32-25(28)30)13-17-8-10-19(11-9-17)31-15-20-21(26)6-3-7-22(20)27/h2-13H,14-15H2,1H3/b23-13-. The van der Waals surface area contributed by atoms with Crippen LogP contribution < -0.4 is 4.74 Å². The van der Waals surface area contributed by atoms with E-state index in [9.17, 15) is 9.59 Å². The Morgan fingerprint density at radius 3 is 2.34 bits per heavy atom. The van der Waals surface area contributed by atoms with Crippen molar-refractivity contribution in [1.82, 2.24) is 4.90 Å². The van der Waals surface area contributed by atoms with Crippen molar-refractivity contribution in [3.05, 3.63) is 104 Å². The minimum absolute atomic E-state index is 0.246. The molecule has 0 unspecified atom stereocenters. The molecule has 7 heteroatoms. The Labute approximate surface area is 200 Å². The predicted molar refractivity (Wildman–Crippen MR) is 130 cm³/mol. The molecule has 1 aliphatic heterocycles. The number of hydrogen-bond acceptors (Lipinski definition) is 4. The first-order valence-electron chi connectivity index (χ1n) is 9.87. The minimum Gasteiger partial charge on any atom is -0.489 e. The number of imide groups is 1. The molecule has 0 saturated carbocycles. The summed E-state index contributed by atoms with van der Waals surface area (Å²) in [6.07, 6.45) is 1.72. The van der Waals surface area contributed by atoms with Crippen LogP contribution in [0.2, 0.25) is 10.0 Å².